The summed E-state index contributed by atoms with van der Waals surface area (Å²) in [7, 11) is 0. The molecule has 1 amide bonds. The molecule has 0 unspecified atom stereocenters. The molecule has 0 saturated carbocycles. The van der Waals surface area contributed by atoms with E-state index < -0.39 is 4.92 Å². The fourth-order valence-corrected chi connectivity index (χ4v) is 2.05. The van der Waals surface area contributed by atoms with Gasteiger partial charge in [-0.2, -0.15) is 0 Å². The van der Waals surface area contributed by atoms with Crippen molar-refractivity contribution in [3.63, 3.8) is 0 Å². The van der Waals surface area contributed by atoms with Gasteiger partial charge < -0.3 is 10.6 Å². The zero-order valence-corrected chi connectivity index (χ0v) is 13.0. The number of nitro benzene ring substituents is 1. The Kier molecular flexibility index (Phi) is 6.94. The van der Waals surface area contributed by atoms with Crippen LogP contribution >= 0.6 is 11.6 Å². The van der Waals surface area contributed by atoms with Gasteiger partial charge in [-0.3, -0.25) is 14.9 Å². The highest BCUT2D eigenvalue weighted by atomic mass is 35.5. The van der Waals surface area contributed by atoms with E-state index in [1.165, 1.54) is 12.1 Å². The zero-order valence-electron chi connectivity index (χ0n) is 12.2. The number of nitrogens with zero attached hydrogens (tertiary/aromatic N) is 1. The lowest BCUT2D eigenvalue weighted by Crippen LogP contribution is -2.24. The number of hydrogen-bond acceptors (Lipinski definition) is 4. The molecule has 0 fully saturated rings. The first-order valence-corrected chi connectivity index (χ1v) is 7.39. The molecular weight excluding hydrogens is 294 g/mol. The molecule has 7 heteroatoms. The summed E-state index contributed by atoms with van der Waals surface area (Å²) in [5, 5.41) is 17.0. The van der Waals surface area contributed by atoms with E-state index in [-0.39, 0.29) is 27.9 Å². The second-order valence-electron chi connectivity index (χ2n) is 4.65. The van der Waals surface area contributed by atoms with Gasteiger partial charge in [0.1, 0.15) is 5.69 Å². The first-order chi connectivity index (χ1) is 10.0. The SMILES string of the molecule is CCCCNC(=O)c1cc(Cl)c(NCCC)c([N+](=O)[O-])c1. The predicted molar refractivity (Wildman–Crippen MR) is 84.1 cm³/mol. The summed E-state index contributed by atoms with van der Waals surface area (Å²) in [6.07, 6.45) is 2.63. The molecule has 0 radical (unpaired) electrons. The molecule has 6 nitrogen and oxygen atoms in total. The number of rotatable bonds is 8. The lowest BCUT2D eigenvalue weighted by atomic mass is 10.1. The van der Waals surface area contributed by atoms with Gasteiger partial charge >= 0.3 is 0 Å². The number of carbonyl (C=O) groups is 1. The molecule has 116 valence electrons. The van der Waals surface area contributed by atoms with Gasteiger partial charge in [-0.25, -0.2) is 0 Å². The van der Waals surface area contributed by atoms with Crippen molar-refractivity contribution in [2.24, 2.45) is 0 Å². The van der Waals surface area contributed by atoms with Gasteiger partial charge in [0.25, 0.3) is 11.6 Å². The van der Waals surface area contributed by atoms with Crippen LogP contribution in [0.3, 0.4) is 0 Å². The minimum atomic E-state index is -0.535. The van der Waals surface area contributed by atoms with Gasteiger partial charge in [-0.1, -0.05) is 31.9 Å². The topological polar surface area (TPSA) is 84.3 Å². The molecule has 0 atom stereocenters. The lowest BCUT2D eigenvalue weighted by Gasteiger charge is -2.10. The summed E-state index contributed by atoms with van der Waals surface area (Å²) >= 11 is 6.07. The van der Waals surface area contributed by atoms with Gasteiger partial charge in [0.05, 0.1) is 9.95 Å². The van der Waals surface area contributed by atoms with Crippen LogP contribution in [0.1, 0.15) is 43.5 Å². The van der Waals surface area contributed by atoms with E-state index in [0.717, 1.165) is 19.3 Å². The number of carbonyl (C=O) groups excluding carboxylic acids is 1. The number of hydrogen-bond donors (Lipinski definition) is 2. The third kappa shape index (κ3) is 4.90. The van der Waals surface area contributed by atoms with E-state index in [2.05, 4.69) is 10.6 Å². The molecule has 0 saturated heterocycles. The number of amides is 1. The summed E-state index contributed by atoms with van der Waals surface area (Å²) < 4.78 is 0. The normalized spacial score (nSPS) is 10.2. The summed E-state index contributed by atoms with van der Waals surface area (Å²) in [6.45, 7) is 5.07. The number of halogens is 1. The molecule has 1 aromatic rings. The van der Waals surface area contributed by atoms with Crippen LogP contribution in [0.2, 0.25) is 5.02 Å². The second-order valence-corrected chi connectivity index (χ2v) is 5.05. The third-order valence-electron chi connectivity index (χ3n) is 2.90. The van der Waals surface area contributed by atoms with Crippen LogP contribution in [0.25, 0.3) is 0 Å². The van der Waals surface area contributed by atoms with E-state index >= 15 is 0 Å². The van der Waals surface area contributed by atoms with Crippen molar-refractivity contribution in [3.8, 4) is 0 Å². The average molecular weight is 314 g/mol. The van der Waals surface area contributed by atoms with Crippen molar-refractivity contribution in [2.45, 2.75) is 33.1 Å². The van der Waals surface area contributed by atoms with Gasteiger partial charge in [0.15, 0.2) is 0 Å². The Morgan fingerprint density at radius 1 is 1.29 bits per heavy atom. The fourth-order valence-electron chi connectivity index (χ4n) is 1.77. The Morgan fingerprint density at radius 3 is 2.57 bits per heavy atom. The van der Waals surface area contributed by atoms with Crippen molar-refractivity contribution in [3.05, 3.63) is 32.8 Å². The number of nitrogens with one attached hydrogen (secondary N) is 2. The van der Waals surface area contributed by atoms with E-state index in [1.807, 2.05) is 13.8 Å². The molecule has 0 aliphatic rings. The van der Waals surface area contributed by atoms with Gasteiger partial charge in [0.2, 0.25) is 0 Å². The van der Waals surface area contributed by atoms with Crippen LogP contribution in [0.15, 0.2) is 12.1 Å². The number of unbranched alkanes of at least 4 members (excludes halogenated alkanes) is 1. The van der Waals surface area contributed by atoms with Crippen LogP contribution in [0.5, 0.6) is 0 Å². The summed E-state index contributed by atoms with van der Waals surface area (Å²) in [5.41, 5.74) is 0.273. The maximum Gasteiger partial charge on any atom is 0.294 e. The van der Waals surface area contributed by atoms with Crippen LogP contribution in [-0.2, 0) is 0 Å². The van der Waals surface area contributed by atoms with Crippen LogP contribution < -0.4 is 10.6 Å². The highest BCUT2D eigenvalue weighted by Gasteiger charge is 2.21. The number of nitro groups is 1. The van der Waals surface area contributed by atoms with Crippen LogP contribution in [0.4, 0.5) is 11.4 Å². The Morgan fingerprint density at radius 2 is 2.00 bits per heavy atom. The zero-order chi connectivity index (χ0) is 15.8. The Labute approximate surface area is 129 Å². The molecule has 0 spiro atoms. The Balaban J connectivity index is 3.03. The first kappa shape index (κ1) is 17.2. The fraction of sp³-hybridized carbons (Fsp3) is 0.500. The monoisotopic (exact) mass is 313 g/mol. The van der Waals surface area contributed by atoms with E-state index in [0.29, 0.717) is 13.1 Å². The molecule has 0 aromatic heterocycles. The maximum absolute atomic E-state index is 12.0. The van der Waals surface area contributed by atoms with Gasteiger partial charge in [-0.15, -0.1) is 0 Å². The third-order valence-corrected chi connectivity index (χ3v) is 3.19. The first-order valence-electron chi connectivity index (χ1n) is 7.01. The quantitative estimate of drug-likeness (QED) is 0.436. The Hall–Kier alpha value is -1.82. The van der Waals surface area contributed by atoms with Crippen molar-refractivity contribution < 1.29 is 9.72 Å². The van der Waals surface area contributed by atoms with E-state index in [1.54, 1.807) is 0 Å². The summed E-state index contributed by atoms with van der Waals surface area (Å²) in [6, 6.07) is 2.71. The van der Waals surface area contributed by atoms with Crippen LogP contribution in [0, 0.1) is 10.1 Å². The average Bonchev–Trinajstić information content (AvgIpc) is 2.45. The maximum atomic E-state index is 12.0. The number of anilines is 1. The summed E-state index contributed by atoms with van der Waals surface area (Å²) in [5.74, 6) is -0.351. The van der Waals surface area contributed by atoms with Crippen molar-refractivity contribution in [1.82, 2.24) is 5.32 Å². The molecular formula is C14H20ClN3O3. The largest absolute Gasteiger partial charge is 0.378 e. The lowest BCUT2D eigenvalue weighted by molar-refractivity contribution is -0.384. The Bertz CT molecular complexity index is 520. The molecule has 1 rings (SSSR count). The molecule has 21 heavy (non-hydrogen) atoms. The van der Waals surface area contributed by atoms with Crippen molar-refractivity contribution >= 4 is 28.9 Å². The van der Waals surface area contributed by atoms with E-state index in [4.69, 9.17) is 11.6 Å². The van der Waals surface area contributed by atoms with Crippen LogP contribution in [-0.4, -0.2) is 23.9 Å². The predicted octanol–water partition coefficient (Wildman–Crippen LogP) is 3.60. The van der Waals surface area contributed by atoms with E-state index in [9.17, 15) is 14.9 Å². The molecule has 0 aliphatic heterocycles. The van der Waals surface area contributed by atoms with Gasteiger partial charge in [-0.05, 0) is 18.9 Å². The molecule has 0 bridgehead atoms. The van der Waals surface area contributed by atoms with Crippen molar-refractivity contribution in [1.29, 1.82) is 0 Å². The smallest absolute Gasteiger partial charge is 0.294 e. The highest BCUT2D eigenvalue weighted by molar-refractivity contribution is 6.34. The highest BCUT2D eigenvalue weighted by Crippen LogP contribution is 2.33. The summed E-state index contributed by atoms with van der Waals surface area (Å²) in [4.78, 5) is 22.6. The molecule has 0 heterocycles. The molecule has 1 aromatic carbocycles. The van der Waals surface area contributed by atoms with Crippen molar-refractivity contribution in [2.75, 3.05) is 18.4 Å². The van der Waals surface area contributed by atoms with Gasteiger partial charge in [0, 0.05) is 24.7 Å². The second kappa shape index (κ2) is 8.46. The standard InChI is InChI=1S/C14H20ClN3O3/c1-3-5-7-17-14(19)10-8-11(15)13(16-6-4-2)12(9-10)18(20)21/h8-9,16H,3-7H2,1-2H3,(H,17,19). The minimum Gasteiger partial charge on any atom is -0.378 e. The molecule has 0 aliphatic carbocycles. The molecule has 2 N–H and O–H groups in total. The number of benzene rings is 1. The minimum absolute atomic E-state index is 0.179.